The molecule has 0 spiro atoms. The van der Waals surface area contributed by atoms with Crippen LogP contribution in [0, 0.1) is 5.92 Å². The minimum atomic E-state index is -3.17. The first-order valence-corrected chi connectivity index (χ1v) is 9.72. The summed E-state index contributed by atoms with van der Waals surface area (Å²) in [5.74, 6) is -0.0221. The van der Waals surface area contributed by atoms with Gasteiger partial charge in [-0.15, -0.1) is 0 Å². The van der Waals surface area contributed by atoms with E-state index in [0.29, 0.717) is 18.8 Å². The largest absolute Gasteiger partial charge is 0.497 e. The van der Waals surface area contributed by atoms with Gasteiger partial charge in [-0.3, -0.25) is 9.59 Å². The molecule has 1 fully saturated rings. The SMILES string of the molecule is COc1cccc(N2CCN(C(=O)C[C@H]3C=CS(=O)(=O)C3)CC2=O)c1. The Labute approximate surface area is 146 Å². The van der Waals surface area contributed by atoms with Crippen molar-refractivity contribution in [3.63, 3.8) is 0 Å². The molecule has 0 N–H and O–H groups in total. The summed E-state index contributed by atoms with van der Waals surface area (Å²) in [5, 5.41) is 1.16. The molecule has 2 aliphatic heterocycles. The minimum Gasteiger partial charge on any atom is -0.497 e. The highest BCUT2D eigenvalue weighted by Crippen LogP contribution is 2.24. The molecule has 2 amide bonds. The smallest absolute Gasteiger partial charge is 0.246 e. The van der Waals surface area contributed by atoms with Crippen LogP contribution in [0.4, 0.5) is 5.69 Å². The summed E-state index contributed by atoms with van der Waals surface area (Å²) in [6.07, 6.45) is 1.67. The van der Waals surface area contributed by atoms with Crippen LogP contribution in [0.25, 0.3) is 0 Å². The van der Waals surface area contributed by atoms with Gasteiger partial charge in [-0.1, -0.05) is 12.1 Å². The van der Waals surface area contributed by atoms with Crippen LogP contribution in [0.3, 0.4) is 0 Å². The van der Waals surface area contributed by atoms with E-state index >= 15 is 0 Å². The maximum Gasteiger partial charge on any atom is 0.246 e. The van der Waals surface area contributed by atoms with Crippen molar-refractivity contribution in [3.8, 4) is 5.75 Å². The van der Waals surface area contributed by atoms with Crippen molar-refractivity contribution < 1.29 is 22.7 Å². The Kier molecular flexibility index (Phi) is 4.80. The van der Waals surface area contributed by atoms with Gasteiger partial charge in [0, 0.05) is 42.6 Å². The van der Waals surface area contributed by atoms with E-state index in [1.54, 1.807) is 30.2 Å². The number of piperazine rings is 1. The molecule has 2 heterocycles. The molecule has 7 nitrogen and oxygen atoms in total. The van der Waals surface area contributed by atoms with Gasteiger partial charge in [0.15, 0.2) is 9.84 Å². The number of amides is 2. The molecule has 134 valence electrons. The van der Waals surface area contributed by atoms with Crippen molar-refractivity contribution in [1.29, 1.82) is 0 Å². The monoisotopic (exact) mass is 364 g/mol. The number of nitrogens with zero attached hydrogens (tertiary/aromatic N) is 2. The summed E-state index contributed by atoms with van der Waals surface area (Å²) in [5.41, 5.74) is 0.737. The third-order valence-corrected chi connectivity index (χ3v) is 5.84. The number of carbonyl (C=O) groups is 2. The number of benzene rings is 1. The van der Waals surface area contributed by atoms with E-state index in [1.807, 2.05) is 12.1 Å². The highest BCUT2D eigenvalue weighted by atomic mass is 32.2. The number of allylic oxidation sites excluding steroid dienone is 1. The van der Waals surface area contributed by atoms with E-state index in [0.717, 1.165) is 11.1 Å². The number of methoxy groups -OCH3 is 1. The molecule has 0 saturated carbocycles. The van der Waals surface area contributed by atoms with Gasteiger partial charge in [-0.05, 0) is 12.1 Å². The van der Waals surface area contributed by atoms with Crippen molar-refractivity contribution in [2.45, 2.75) is 6.42 Å². The first kappa shape index (κ1) is 17.5. The lowest BCUT2D eigenvalue weighted by Crippen LogP contribution is -2.52. The van der Waals surface area contributed by atoms with Crippen LogP contribution >= 0.6 is 0 Å². The van der Waals surface area contributed by atoms with Gasteiger partial charge in [0.2, 0.25) is 11.8 Å². The van der Waals surface area contributed by atoms with E-state index in [4.69, 9.17) is 4.74 Å². The summed E-state index contributed by atoms with van der Waals surface area (Å²) < 4.78 is 28.0. The number of ether oxygens (including phenoxy) is 1. The second kappa shape index (κ2) is 6.87. The van der Waals surface area contributed by atoms with Gasteiger partial charge in [0.1, 0.15) is 12.3 Å². The molecule has 1 aromatic carbocycles. The van der Waals surface area contributed by atoms with Crippen molar-refractivity contribution in [1.82, 2.24) is 4.90 Å². The van der Waals surface area contributed by atoms with E-state index in [1.165, 1.54) is 4.90 Å². The normalized spacial score (nSPS) is 22.3. The van der Waals surface area contributed by atoms with Gasteiger partial charge in [-0.25, -0.2) is 8.42 Å². The average molecular weight is 364 g/mol. The zero-order valence-corrected chi connectivity index (χ0v) is 14.7. The van der Waals surface area contributed by atoms with Gasteiger partial charge in [0.05, 0.1) is 12.9 Å². The second-order valence-electron chi connectivity index (χ2n) is 6.18. The molecule has 1 atom stereocenters. The number of anilines is 1. The fourth-order valence-electron chi connectivity index (χ4n) is 3.06. The highest BCUT2D eigenvalue weighted by molar-refractivity contribution is 7.94. The lowest BCUT2D eigenvalue weighted by Gasteiger charge is -2.34. The summed E-state index contributed by atoms with van der Waals surface area (Å²) >= 11 is 0. The number of hydrogen-bond acceptors (Lipinski definition) is 5. The zero-order valence-electron chi connectivity index (χ0n) is 13.9. The third kappa shape index (κ3) is 4.01. The van der Waals surface area contributed by atoms with Crippen molar-refractivity contribution >= 4 is 27.3 Å². The average Bonchev–Trinajstić information content (AvgIpc) is 2.93. The quantitative estimate of drug-likeness (QED) is 0.790. The Morgan fingerprint density at radius 2 is 2.12 bits per heavy atom. The lowest BCUT2D eigenvalue weighted by molar-refractivity contribution is -0.137. The fourth-order valence-corrected chi connectivity index (χ4v) is 4.46. The molecule has 1 saturated heterocycles. The maximum absolute atomic E-state index is 12.4. The molecule has 0 unspecified atom stereocenters. The van der Waals surface area contributed by atoms with E-state index in [-0.39, 0.29) is 36.5 Å². The standard InChI is InChI=1S/C17H20N2O5S/c1-24-15-4-2-3-14(10-15)19-7-6-18(11-17(19)21)16(20)9-13-5-8-25(22,23)12-13/h2-5,8,10,13H,6-7,9,11-12H2,1H3/t13-/m1/s1. The number of carbonyl (C=O) groups excluding carboxylic acids is 2. The zero-order chi connectivity index (χ0) is 18.0. The van der Waals surface area contributed by atoms with Crippen LogP contribution in [-0.4, -0.2) is 57.6 Å². The molecule has 0 aliphatic carbocycles. The van der Waals surface area contributed by atoms with E-state index in [2.05, 4.69) is 0 Å². The third-order valence-electron chi connectivity index (χ3n) is 4.38. The Morgan fingerprint density at radius 1 is 1.32 bits per heavy atom. The Bertz CT molecular complexity index is 818. The fraction of sp³-hybridized carbons (Fsp3) is 0.412. The molecular formula is C17H20N2O5S. The van der Waals surface area contributed by atoms with Crippen LogP contribution in [0.1, 0.15) is 6.42 Å². The molecule has 3 rings (SSSR count). The Morgan fingerprint density at radius 3 is 2.76 bits per heavy atom. The first-order chi connectivity index (χ1) is 11.9. The highest BCUT2D eigenvalue weighted by Gasteiger charge is 2.31. The first-order valence-electron chi connectivity index (χ1n) is 8.01. The number of sulfone groups is 1. The van der Waals surface area contributed by atoms with Crippen LogP contribution in [0.15, 0.2) is 35.7 Å². The van der Waals surface area contributed by atoms with Crippen LogP contribution in [0.2, 0.25) is 0 Å². The minimum absolute atomic E-state index is 0.000766. The predicted molar refractivity (Wildman–Crippen MR) is 93.0 cm³/mol. The topological polar surface area (TPSA) is 84.0 Å². The molecule has 0 bridgehead atoms. The number of hydrogen-bond donors (Lipinski definition) is 0. The molecule has 25 heavy (non-hydrogen) atoms. The Balaban J connectivity index is 1.60. The van der Waals surface area contributed by atoms with Crippen molar-refractivity contribution in [2.24, 2.45) is 5.92 Å². The molecule has 1 aromatic rings. The predicted octanol–water partition coefficient (Wildman–Crippen LogP) is 0.819. The van der Waals surface area contributed by atoms with Crippen LogP contribution in [0.5, 0.6) is 5.75 Å². The van der Waals surface area contributed by atoms with Gasteiger partial charge in [-0.2, -0.15) is 0 Å². The van der Waals surface area contributed by atoms with E-state index in [9.17, 15) is 18.0 Å². The van der Waals surface area contributed by atoms with Gasteiger partial charge in [0.25, 0.3) is 0 Å². The summed E-state index contributed by atoms with van der Waals surface area (Å²) in [4.78, 5) is 27.9. The van der Waals surface area contributed by atoms with E-state index < -0.39 is 9.84 Å². The summed E-state index contributed by atoms with van der Waals surface area (Å²) in [6, 6.07) is 7.22. The van der Waals surface area contributed by atoms with Crippen molar-refractivity contribution in [3.05, 3.63) is 35.7 Å². The molecular weight excluding hydrogens is 344 g/mol. The van der Waals surface area contributed by atoms with Crippen LogP contribution < -0.4 is 9.64 Å². The summed E-state index contributed by atoms with van der Waals surface area (Å²) in [7, 11) is -1.61. The molecule has 0 radical (unpaired) electrons. The summed E-state index contributed by atoms with van der Waals surface area (Å²) in [6.45, 7) is 0.820. The van der Waals surface area contributed by atoms with Crippen LogP contribution in [-0.2, 0) is 19.4 Å². The number of rotatable bonds is 4. The molecule has 8 heteroatoms. The van der Waals surface area contributed by atoms with Crippen molar-refractivity contribution in [2.75, 3.05) is 37.4 Å². The lowest BCUT2D eigenvalue weighted by atomic mass is 10.1. The molecule has 0 aromatic heterocycles. The van der Waals surface area contributed by atoms with Gasteiger partial charge < -0.3 is 14.5 Å². The Hall–Kier alpha value is -2.35. The maximum atomic E-state index is 12.4. The second-order valence-corrected chi connectivity index (χ2v) is 8.12. The molecule has 2 aliphatic rings. The van der Waals surface area contributed by atoms with Gasteiger partial charge >= 0.3 is 0 Å².